The molecule has 2 atom stereocenters. The van der Waals surface area contributed by atoms with Gasteiger partial charge in [0.25, 0.3) is 0 Å². The second kappa shape index (κ2) is 5.88. The summed E-state index contributed by atoms with van der Waals surface area (Å²) in [4.78, 5) is 17.0. The number of hydrogen-bond donors (Lipinski definition) is 0. The molecule has 0 aromatic heterocycles. The smallest absolute Gasteiger partial charge is 0.226 e. The lowest BCUT2D eigenvalue weighted by Crippen LogP contribution is -2.53. The number of hydrogen-bond acceptors (Lipinski definition) is 3. The van der Waals surface area contributed by atoms with Crippen LogP contribution in [0.5, 0.6) is 0 Å². The van der Waals surface area contributed by atoms with Crippen molar-refractivity contribution in [1.82, 2.24) is 9.80 Å². The zero-order valence-electron chi connectivity index (χ0n) is 12.9. The molecule has 114 valence electrons. The maximum atomic E-state index is 12.2. The first kappa shape index (κ1) is 14.7. The molecule has 2 aliphatic carbocycles. The van der Waals surface area contributed by atoms with E-state index in [0.29, 0.717) is 23.2 Å². The molecule has 0 N–H and O–H groups in total. The molecule has 4 heteroatoms. The molecule has 3 rings (SSSR count). The molecule has 0 bridgehead atoms. The minimum atomic E-state index is 0.357. The highest BCUT2D eigenvalue weighted by Crippen LogP contribution is 2.44. The number of rotatable bonds is 5. The summed E-state index contributed by atoms with van der Waals surface area (Å²) in [6.07, 6.45) is 7.58. The van der Waals surface area contributed by atoms with Gasteiger partial charge in [-0.25, -0.2) is 0 Å². The van der Waals surface area contributed by atoms with E-state index in [1.807, 2.05) is 11.8 Å². The van der Waals surface area contributed by atoms with Crippen molar-refractivity contribution in [1.29, 1.82) is 0 Å². The minimum absolute atomic E-state index is 0.357. The van der Waals surface area contributed by atoms with E-state index in [-0.39, 0.29) is 0 Å². The lowest BCUT2D eigenvalue weighted by molar-refractivity contribution is -0.134. The monoisotopic (exact) mass is 296 g/mol. The Balaban J connectivity index is 1.45. The van der Waals surface area contributed by atoms with Crippen LogP contribution >= 0.6 is 11.8 Å². The predicted octanol–water partition coefficient (Wildman–Crippen LogP) is 2.32. The molecule has 3 aliphatic rings. The standard InChI is InChI=1S/C16H28N2OS/c1-13-10-14(13)15(19)18-8-6-17(7-9-18)11-16(12-20-2)4-3-5-16/h13-14H,3-12H2,1-2H3/t13-,14-/m0/s1. The summed E-state index contributed by atoms with van der Waals surface area (Å²) in [5, 5.41) is 0. The zero-order valence-corrected chi connectivity index (χ0v) is 13.8. The Kier molecular flexibility index (Phi) is 4.32. The van der Waals surface area contributed by atoms with E-state index in [4.69, 9.17) is 0 Å². The van der Waals surface area contributed by atoms with E-state index >= 15 is 0 Å². The molecule has 3 nitrogen and oxygen atoms in total. The largest absolute Gasteiger partial charge is 0.340 e. The first-order valence-electron chi connectivity index (χ1n) is 8.14. The molecule has 0 aromatic carbocycles. The van der Waals surface area contributed by atoms with Crippen molar-refractivity contribution in [3.05, 3.63) is 0 Å². The topological polar surface area (TPSA) is 23.6 Å². The first-order valence-corrected chi connectivity index (χ1v) is 9.53. The Hall–Kier alpha value is -0.220. The fourth-order valence-electron chi connectivity index (χ4n) is 3.83. The lowest BCUT2D eigenvalue weighted by atomic mass is 9.70. The molecule has 0 aromatic rings. The van der Waals surface area contributed by atoms with Crippen molar-refractivity contribution in [3.63, 3.8) is 0 Å². The van der Waals surface area contributed by atoms with Gasteiger partial charge < -0.3 is 4.90 Å². The molecule has 1 heterocycles. The Bertz CT molecular complexity index is 361. The highest BCUT2D eigenvalue weighted by Gasteiger charge is 2.43. The van der Waals surface area contributed by atoms with Crippen LogP contribution < -0.4 is 0 Å². The molecule has 1 amide bonds. The Morgan fingerprint density at radius 3 is 2.35 bits per heavy atom. The third kappa shape index (κ3) is 3.01. The van der Waals surface area contributed by atoms with Gasteiger partial charge in [0.05, 0.1) is 0 Å². The van der Waals surface area contributed by atoms with Crippen LogP contribution in [-0.4, -0.2) is 60.4 Å². The number of thioether (sulfide) groups is 1. The van der Waals surface area contributed by atoms with Crippen LogP contribution in [-0.2, 0) is 4.79 Å². The highest BCUT2D eigenvalue weighted by molar-refractivity contribution is 7.98. The SMILES string of the molecule is CSCC1(CN2CCN(C(=O)[C@H]3C[C@@H]3C)CC2)CCC1. The van der Waals surface area contributed by atoms with Gasteiger partial charge in [0.1, 0.15) is 0 Å². The molecule has 0 radical (unpaired) electrons. The zero-order chi connectivity index (χ0) is 14.2. The second-order valence-electron chi connectivity index (χ2n) is 7.21. The van der Waals surface area contributed by atoms with Gasteiger partial charge in [-0.3, -0.25) is 9.69 Å². The summed E-state index contributed by atoms with van der Waals surface area (Å²) in [5.41, 5.74) is 0.594. The van der Waals surface area contributed by atoms with Crippen molar-refractivity contribution >= 4 is 17.7 Å². The molecule has 1 aliphatic heterocycles. The van der Waals surface area contributed by atoms with Gasteiger partial charge in [-0.1, -0.05) is 13.3 Å². The quantitative estimate of drug-likeness (QED) is 0.778. The third-order valence-corrected chi connectivity index (χ3v) is 6.44. The summed E-state index contributed by atoms with van der Waals surface area (Å²) in [6.45, 7) is 7.54. The van der Waals surface area contributed by atoms with E-state index in [9.17, 15) is 4.79 Å². The van der Waals surface area contributed by atoms with Crippen molar-refractivity contribution in [3.8, 4) is 0 Å². The molecule has 1 saturated heterocycles. The fraction of sp³-hybridized carbons (Fsp3) is 0.938. The molecule has 0 spiro atoms. The van der Waals surface area contributed by atoms with Crippen molar-refractivity contribution in [2.24, 2.45) is 17.3 Å². The number of piperazine rings is 1. The van der Waals surface area contributed by atoms with Gasteiger partial charge >= 0.3 is 0 Å². The van der Waals surface area contributed by atoms with Crippen molar-refractivity contribution in [2.75, 3.05) is 44.7 Å². The summed E-state index contributed by atoms with van der Waals surface area (Å²) < 4.78 is 0. The maximum absolute atomic E-state index is 12.2. The van der Waals surface area contributed by atoms with E-state index in [0.717, 1.165) is 32.6 Å². The van der Waals surface area contributed by atoms with Crippen LogP contribution in [0.2, 0.25) is 0 Å². The highest BCUT2D eigenvalue weighted by atomic mass is 32.2. The van der Waals surface area contributed by atoms with Crippen LogP contribution in [0.25, 0.3) is 0 Å². The van der Waals surface area contributed by atoms with Gasteiger partial charge in [0.2, 0.25) is 5.91 Å². The Labute approximate surface area is 127 Å². The molecule has 2 saturated carbocycles. The average molecular weight is 296 g/mol. The van der Waals surface area contributed by atoms with Crippen LogP contribution in [0.4, 0.5) is 0 Å². The summed E-state index contributed by atoms with van der Waals surface area (Å²) in [5.74, 6) is 2.74. The van der Waals surface area contributed by atoms with Crippen molar-refractivity contribution < 1.29 is 4.79 Å². The number of carbonyl (C=O) groups excluding carboxylic acids is 1. The van der Waals surface area contributed by atoms with Crippen LogP contribution in [0, 0.1) is 17.3 Å². The van der Waals surface area contributed by atoms with Gasteiger partial charge in [-0.15, -0.1) is 0 Å². The van der Waals surface area contributed by atoms with E-state index in [1.165, 1.54) is 31.6 Å². The van der Waals surface area contributed by atoms with Crippen LogP contribution in [0.15, 0.2) is 0 Å². The van der Waals surface area contributed by atoms with Gasteiger partial charge in [-0.05, 0) is 42.6 Å². The molecule has 20 heavy (non-hydrogen) atoms. The fourth-order valence-corrected chi connectivity index (χ4v) is 4.82. The van der Waals surface area contributed by atoms with E-state index in [2.05, 4.69) is 23.0 Å². The molecule has 3 fully saturated rings. The molecule has 0 unspecified atom stereocenters. The normalized spacial score (nSPS) is 32.8. The third-order valence-electron chi connectivity index (χ3n) is 5.53. The van der Waals surface area contributed by atoms with Crippen molar-refractivity contribution in [2.45, 2.75) is 32.6 Å². The van der Waals surface area contributed by atoms with Gasteiger partial charge in [0, 0.05) is 38.6 Å². The lowest BCUT2D eigenvalue weighted by Gasteiger charge is -2.47. The van der Waals surface area contributed by atoms with E-state index < -0.39 is 0 Å². The first-order chi connectivity index (χ1) is 9.63. The Morgan fingerprint density at radius 1 is 1.25 bits per heavy atom. The van der Waals surface area contributed by atoms with Gasteiger partial charge in [-0.2, -0.15) is 11.8 Å². The van der Waals surface area contributed by atoms with Crippen LogP contribution in [0.3, 0.4) is 0 Å². The number of amides is 1. The average Bonchev–Trinajstić information content (AvgIpc) is 3.13. The Morgan fingerprint density at radius 2 is 1.90 bits per heavy atom. The number of carbonyl (C=O) groups is 1. The second-order valence-corrected chi connectivity index (χ2v) is 8.07. The molecular weight excluding hydrogens is 268 g/mol. The summed E-state index contributed by atoms with van der Waals surface area (Å²) in [6, 6.07) is 0. The minimum Gasteiger partial charge on any atom is -0.340 e. The van der Waals surface area contributed by atoms with E-state index in [1.54, 1.807) is 0 Å². The number of nitrogens with zero attached hydrogens (tertiary/aromatic N) is 2. The summed E-state index contributed by atoms with van der Waals surface area (Å²) >= 11 is 2.00. The van der Waals surface area contributed by atoms with Crippen LogP contribution in [0.1, 0.15) is 32.6 Å². The maximum Gasteiger partial charge on any atom is 0.226 e. The summed E-state index contributed by atoms with van der Waals surface area (Å²) in [7, 11) is 0. The molecular formula is C16H28N2OS. The predicted molar refractivity (Wildman–Crippen MR) is 85.0 cm³/mol. The van der Waals surface area contributed by atoms with Gasteiger partial charge in [0.15, 0.2) is 0 Å².